The van der Waals surface area contributed by atoms with E-state index >= 15 is 0 Å². The fourth-order valence-corrected chi connectivity index (χ4v) is 2.35. The molecule has 0 heterocycles. The third kappa shape index (κ3) is 3.62. The predicted molar refractivity (Wildman–Crippen MR) is 79.8 cm³/mol. The molecule has 0 N–H and O–H groups in total. The summed E-state index contributed by atoms with van der Waals surface area (Å²) in [5.74, 6) is 0.0928. The first kappa shape index (κ1) is 14.6. The minimum Gasteiger partial charge on any atom is -0.487 e. The zero-order valence-corrected chi connectivity index (χ0v) is 12.9. The van der Waals surface area contributed by atoms with Gasteiger partial charge in [0.15, 0.2) is 0 Å². The maximum atomic E-state index is 13.3. The van der Waals surface area contributed by atoms with E-state index in [1.54, 1.807) is 18.2 Å². The van der Waals surface area contributed by atoms with Crippen molar-refractivity contribution >= 4 is 39.1 Å². The number of hydrogen-bond donors (Lipinski definition) is 0. The quantitative estimate of drug-likeness (QED) is 0.642. The van der Waals surface area contributed by atoms with Crippen LogP contribution in [0.5, 0.6) is 5.75 Å². The molecule has 5 heteroatoms. The predicted octanol–water partition coefficient (Wildman–Crippen LogP) is 5.61. The Balaban J connectivity index is 2.12. The van der Waals surface area contributed by atoms with Gasteiger partial charge in [-0.25, -0.2) is 4.39 Å². The second-order valence-corrected chi connectivity index (χ2v) is 5.25. The molecule has 1 nitrogen and oxygen atoms in total. The molecule has 19 heavy (non-hydrogen) atoms. The summed E-state index contributed by atoms with van der Waals surface area (Å²) < 4.78 is 18.8. The van der Waals surface area contributed by atoms with Crippen molar-refractivity contribution in [3.8, 4) is 5.75 Å². The lowest BCUT2D eigenvalue weighted by Gasteiger charge is -2.10. The smallest absolute Gasteiger partial charge is 0.142 e. The Bertz CT molecular complexity index is 590. The molecular formula is C14H10BrCl2FO. The van der Waals surface area contributed by atoms with Crippen LogP contribution in [0.25, 0.3) is 0 Å². The van der Waals surface area contributed by atoms with Crippen molar-refractivity contribution < 1.29 is 9.13 Å². The number of hydrogen-bond acceptors (Lipinski definition) is 1. The van der Waals surface area contributed by atoms with Gasteiger partial charge in [-0.1, -0.05) is 57.3 Å². The molecule has 0 unspecified atom stereocenters. The molecule has 0 aliphatic rings. The van der Waals surface area contributed by atoms with Crippen LogP contribution in [0.2, 0.25) is 10.0 Å². The molecule has 2 aromatic carbocycles. The van der Waals surface area contributed by atoms with Gasteiger partial charge >= 0.3 is 0 Å². The van der Waals surface area contributed by atoms with Gasteiger partial charge in [0.2, 0.25) is 0 Å². The minimum atomic E-state index is -0.455. The highest BCUT2D eigenvalue weighted by Gasteiger charge is 2.08. The number of benzene rings is 2. The number of halogens is 4. The maximum absolute atomic E-state index is 13.3. The van der Waals surface area contributed by atoms with Crippen molar-refractivity contribution in [1.29, 1.82) is 0 Å². The van der Waals surface area contributed by atoms with E-state index in [1.807, 2.05) is 12.1 Å². The van der Waals surface area contributed by atoms with Crippen LogP contribution in [0.3, 0.4) is 0 Å². The van der Waals surface area contributed by atoms with Crippen molar-refractivity contribution in [2.75, 3.05) is 0 Å². The van der Waals surface area contributed by atoms with Crippen LogP contribution in [0.15, 0.2) is 36.4 Å². The molecule has 0 aliphatic heterocycles. The molecule has 0 saturated carbocycles. The van der Waals surface area contributed by atoms with E-state index in [9.17, 15) is 4.39 Å². The Morgan fingerprint density at radius 1 is 1.16 bits per heavy atom. The maximum Gasteiger partial charge on any atom is 0.142 e. The molecule has 0 aliphatic carbocycles. The first-order valence-electron chi connectivity index (χ1n) is 5.52. The summed E-state index contributed by atoms with van der Waals surface area (Å²) in [4.78, 5) is 0. The molecule has 0 spiro atoms. The second-order valence-electron chi connectivity index (χ2n) is 3.90. The molecule has 100 valence electrons. The zero-order chi connectivity index (χ0) is 13.8. The Kier molecular flexibility index (Phi) is 5.08. The molecule has 0 aromatic heterocycles. The summed E-state index contributed by atoms with van der Waals surface area (Å²) in [6, 6.07) is 10.1. The number of alkyl halides is 1. The van der Waals surface area contributed by atoms with Gasteiger partial charge < -0.3 is 4.74 Å². The van der Waals surface area contributed by atoms with E-state index in [0.29, 0.717) is 16.3 Å². The topological polar surface area (TPSA) is 9.23 Å². The standard InChI is InChI=1S/C14H10BrCl2FO/c15-7-9-4-5-13(11(16)6-9)19-8-10-2-1-3-12(18)14(10)17/h1-6H,7-8H2. The monoisotopic (exact) mass is 362 g/mol. The van der Waals surface area contributed by atoms with Gasteiger partial charge in [-0.15, -0.1) is 0 Å². The van der Waals surface area contributed by atoms with Crippen LogP contribution in [-0.2, 0) is 11.9 Å². The first-order chi connectivity index (χ1) is 9.11. The third-order valence-electron chi connectivity index (χ3n) is 2.57. The molecule has 0 fully saturated rings. The number of rotatable bonds is 4. The van der Waals surface area contributed by atoms with Crippen molar-refractivity contribution in [2.45, 2.75) is 11.9 Å². The van der Waals surface area contributed by atoms with Crippen LogP contribution in [-0.4, -0.2) is 0 Å². The average Bonchev–Trinajstić information content (AvgIpc) is 2.41. The number of ether oxygens (including phenoxy) is 1. The summed E-state index contributed by atoms with van der Waals surface area (Å²) in [7, 11) is 0. The Morgan fingerprint density at radius 2 is 1.95 bits per heavy atom. The van der Waals surface area contributed by atoms with Gasteiger partial charge in [0.25, 0.3) is 0 Å². The fourth-order valence-electron chi connectivity index (χ4n) is 1.56. The SMILES string of the molecule is Fc1cccc(COc2ccc(CBr)cc2Cl)c1Cl. The van der Waals surface area contributed by atoms with Crippen LogP contribution >= 0.6 is 39.1 Å². The molecular weight excluding hydrogens is 354 g/mol. The summed E-state index contributed by atoms with van der Waals surface area (Å²) in [6.45, 7) is 0.171. The van der Waals surface area contributed by atoms with Gasteiger partial charge in [0.05, 0.1) is 10.0 Å². The second kappa shape index (κ2) is 6.60. The normalized spacial score (nSPS) is 10.5. The van der Waals surface area contributed by atoms with Crippen molar-refractivity contribution in [2.24, 2.45) is 0 Å². The van der Waals surface area contributed by atoms with E-state index < -0.39 is 5.82 Å². The van der Waals surface area contributed by atoms with E-state index in [0.717, 1.165) is 10.9 Å². The van der Waals surface area contributed by atoms with E-state index in [1.165, 1.54) is 6.07 Å². The Labute approximate surface area is 129 Å². The fraction of sp³-hybridized carbons (Fsp3) is 0.143. The zero-order valence-electron chi connectivity index (χ0n) is 9.80. The summed E-state index contributed by atoms with van der Waals surface area (Å²) in [5, 5.41) is 1.32. The largest absolute Gasteiger partial charge is 0.487 e. The Morgan fingerprint density at radius 3 is 2.63 bits per heavy atom. The minimum absolute atomic E-state index is 0.0794. The molecule has 2 aromatic rings. The molecule has 0 amide bonds. The Hall–Kier alpha value is -0.770. The molecule has 2 rings (SSSR count). The van der Waals surface area contributed by atoms with Crippen molar-refractivity contribution in [3.63, 3.8) is 0 Å². The van der Waals surface area contributed by atoms with Gasteiger partial charge in [-0.3, -0.25) is 0 Å². The van der Waals surface area contributed by atoms with Crippen molar-refractivity contribution in [3.05, 3.63) is 63.4 Å². The lowest BCUT2D eigenvalue weighted by atomic mass is 10.2. The third-order valence-corrected chi connectivity index (χ3v) is 3.93. The van der Waals surface area contributed by atoms with E-state index in [-0.39, 0.29) is 11.6 Å². The van der Waals surface area contributed by atoms with E-state index in [4.69, 9.17) is 27.9 Å². The van der Waals surface area contributed by atoms with E-state index in [2.05, 4.69) is 15.9 Å². The van der Waals surface area contributed by atoms with Crippen LogP contribution < -0.4 is 4.74 Å². The summed E-state index contributed by atoms with van der Waals surface area (Å²) in [6.07, 6.45) is 0. The molecule has 0 saturated heterocycles. The lowest BCUT2D eigenvalue weighted by molar-refractivity contribution is 0.306. The van der Waals surface area contributed by atoms with Gasteiger partial charge in [-0.2, -0.15) is 0 Å². The molecule has 0 bridgehead atoms. The van der Waals surface area contributed by atoms with Crippen LogP contribution in [0, 0.1) is 5.82 Å². The van der Waals surface area contributed by atoms with Gasteiger partial charge in [-0.05, 0) is 23.8 Å². The molecule has 0 radical (unpaired) electrons. The van der Waals surface area contributed by atoms with Crippen molar-refractivity contribution in [1.82, 2.24) is 0 Å². The highest BCUT2D eigenvalue weighted by atomic mass is 79.9. The average molecular weight is 364 g/mol. The first-order valence-corrected chi connectivity index (χ1v) is 7.39. The van der Waals surface area contributed by atoms with Crippen LogP contribution in [0.4, 0.5) is 4.39 Å². The highest BCUT2D eigenvalue weighted by molar-refractivity contribution is 9.08. The van der Waals surface area contributed by atoms with Gasteiger partial charge in [0.1, 0.15) is 18.2 Å². The van der Waals surface area contributed by atoms with Gasteiger partial charge in [0, 0.05) is 10.9 Å². The summed E-state index contributed by atoms with van der Waals surface area (Å²) in [5.41, 5.74) is 1.64. The highest BCUT2D eigenvalue weighted by Crippen LogP contribution is 2.28. The van der Waals surface area contributed by atoms with Crippen LogP contribution in [0.1, 0.15) is 11.1 Å². The summed E-state index contributed by atoms with van der Waals surface area (Å²) >= 11 is 15.3. The molecule has 0 atom stereocenters. The lowest BCUT2D eigenvalue weighted by Crippen LogP contribution is -1.98.